The van der Waals surface area contributed by atoms with Gasteiger partial charge in [-0.3, -0.25) is 0 Å². The number of nitrogens with zero attached hydrogens (tertiary/aromatic N) is 1. The van der Waals surface area contributed by atoms with Crippen LogP contribution in [0.3, 0.4) is 0 Å². The number of piperidine rings is 1. The van der Waals surface area contributed by atoms with Gasteiger partial charge in [-0.25, -0.2) is 12.7 Å². The molecule has 0 atom stereocenters. The summed E-state index contributed by atoms with van der Waals surface area (Å²) in [6.07, 6.45) is 1.78. The Bertz CT molecular complexity index is 488. The normalized spacial score (nSPS) is 18.9. The average molecular weight is 268 g/mol. The first-order chi connectivity index (χ1) is 8.53. The molecule has 0 spiro atoms. The lowest BCUT2D eigenvalue weighted by Gasteiger charge is -2.31. The Balaban J connectivity index is 2.01. The largest absolute Gasteiger partial charge is 0.399 e. The lowest BCUT2D eigenvalue weighted by molar-refractivity contribution is 0.320. The van der Waals surface area contributed by atoms with Crippen molar-refractivity contribution in [3.63, 3.8) is 0 Å². The van der Waals surface area contributed by atoms with Gasteiger partial charge in [0.25, 0.3) is 0 Å². The summed E-state index contributed by atoms with van der Waals surface area (Å²) in [6, 6.07) is 7.91. The molecule has 1 aromatic carbocycles. The van der Waals surface area contributed by atoms with Gasteiger partial charge in [0.05, 0.1) is 5.75 Å². The summed E-state index contributed by atoms with van der Waals surface area (Å²) in [4.78, 5) is 0. The van der Waals surface area contributed by atoms with E-state index in [0.717, 1.165) is 18.5 Å². The zero-order valence-corrected chi connectivity index (χ0v) is 11.5. The number of anilines is 1. The molecule has 5 heteroatoms. The molecule has 0 amide bonds. The molecule has 1 fully saturated rings. The monoisotopic (exact) mass is 268 g/mol. The number of hydrogen-bond acceptors (Lipinski definition) is 3. The molecule has 100 valence electrons. The number of hydrogen-bond donors (Lipinski definition) is 1. The minimum absolute atomic E-state index is 0.194. The SMILES string of the molecule is CCS(=O)(=O)N1CCC(c2ccc(N)cc2)CC1. The summed E-state index contributed by atoms with van der Waals surface area (Å²) in [5, 5.41) is 0. The molecule has 0 bridgehead atoms. The fraction of sp³-hybridized carbons (Fsp3) is 0.538. The summed E-state index contributed by atoms with van der Waals surface area (Å²) in [5.41, 5.74) is 7.70. The quantitative estimate of drug-likeness (QED) is 0.850. The maximum Gasteiger partial charge on any atom is 0.213 e. The Morgan fingerprint density at radius 1 is 1.22 bits per heavy atom. The molecule has 1 heterocycles. The minimum Gasteiger partial charge on any atom is -0.399 e. The maximum atomic E-state index is 11.8. The highest BCUT2D eigenvalue weighted by Crippen LogP contribution is 2.29. The molecule has 0 aliphatic carbocycles. The van der Waals surface area contributed by atoms with E-state index in [1.54, 1.807) is 11.2 Å². The highest BCUT2D eigenvalue weighted by Gasteiger charge is 2.27. The molecule has 1 aliphatic heterocycles. The molecule has 18 heavy (non-hydrogen) atoms. The van der Waals surface area contributed by atoms with Gasteiger partial charge in [-0.2, -0.15) is 0 Å². The van der Waals surface area contributed by atoms with Crippen LogP contribution in [0.5, 0.6) is 0 Å². The van der Waals surface area contributed by atoms with E-state index >= 15 is 0 Å². The first kappa shape index (κ1) is 13.4. The predicted molar refractivity (Wildman–Crippen MR) is 73.9 cm³/mol. The Labute approximate surface area is 109 Å². The van der Waals surface area contributed by atoms with Gasteiger partial charge in [0.1, 0.15) is 0 Å². The molecule has 0 unspecified atom stereocenters. The first-order valence-electron chi connectivity index (χ1n) is 6.36. The van der Waals surface area contributed by atoms with Crippen molar-refractivity contribution in [1.82, 2.24) is 4.31 Å². The topological polar surface area (TPSA) is 63.4 Å². The van der Waals surface area contributed by atoms with E-state index in [9.17, 15) is 8.42 Å². The van der Waals surface area contributed by atoms with E-state index in [-0.39, 0.29) is 5.75 Å². The molecule has 0 saturated carbocycles. The Kier molecular flexibility index (Phi) is 3.92. The van der Waals surface area contributed by atoms with E-state index in [4.69, 9.17) is 5.73 Å². The van der Waals surface area contributed by atoms with Gasteiger partial charge >= 0.3 is 0 Å². The van der Waals surface area contributed by atoms with Gasteiger partial charge in [-0.15, -0.1) is 0 Å². The molecule has 0 aromatic heterocycles. The zero-order chi connectivity index (χ0) is 13.2. The third-order valence-corrected chi connectivity index (χ3v) is 5.50. The fourth-order valence-electron chi connectivity index (χ4n) is 2.42. The number of sulfonamides is 1. The van der Waals surface area contributed by atoms with E-state index in [1.807, 2.05) is 24.3 Å². The molecule has 0 radical (unpaired) electrons. The predicted octanol–water partition coefficient (Wildman–Crippen LogP) is 1.80. The van der Waals surface area contributed by atoms with Crippen LogP contribution >= 0.6 is 0 Å². The van der Waals surface area contributed by atoms with Crippen LogP contribution in [0.2, 0.25) is 0 Å². The summed E-state index contributed by atoms with van der Waals surface area (Å²) in [6.45, 7) is 2.96. The van der Waals surface area contributed by atoms with Crippen molar-refractivity contribution in [2.75, 3.05) is 24.6 Å². The average Bonchev–Trinajstić information content (AvgIpc) is 2.40. The van der Waals surface area contributed by atoms with Crippen molar-refractivity contribution in [2.45, 2.75) is 25.7 Å². The second kappa shape index (κ2) is 5.28. The van der Waals surface area contributed by atoms with Crippen molar-refractivity contribution in [3.8, 4) is 0 Å². The zero-order valence-electron chi connectivity index (χ0n) is 10.7. The van der Waals surface area contributed by atoms with Crippen LogP contribution in [-0.4, -0.2) is 31.6 Å². The fourth-order valence-corrected chi connectivity index (χ4v) is 3.55. The molecule has 2 rings (SSSR count). The van der Waals surface area contributed by atoms with Gasteiger partial charge in [-0.1, -0.05) is 12.1 Å². The number of nitrogens with two attached hydrogens (primary N) is 1. The lowest BCUT2D eigenvalue weighted by atomic mass is 9.90. The van der Waals surface area contributed by atoms with Gasteiger partial charge < -0.3 is 5.73 Å². The van der Waals surface area contributed by atoms with Crippen LogP contribution in [0, 0.1) is 0 Å². The Morgan fingerprint density at radius 2 is 1.78 bits per heavy atom. The van der Waals surface area contributed by atoms with Gasteiger partial charge in [0.2, 0.25) is 10.0 Å². The second-order valence-corrected chi connectivity index (χ2v) is 7.00. The van der Waals surface area contributed by atoms with Gasteiger partial charge in [0, 0.05) is 18.8 Å². The van der Waals surface area contributed by atoms with E-state index in [2.05, 4.69) is 0 Å². The molecular formula is C13H20N2O2S. The molecule has 2 N–H and O–H groups in total. The van der Waals surface area contributed by atoms with Crippen molar-refractivity contribution < 1.29 is 8.42 Å². The van der Waals surface area contributed by atoms with Crippen LogP contribution in [-0.2, 0) is 10.0 Å². The van der Waals surface area contributed by atoms with E-state index in [1.165, 1.54) is 5.56 Å². The van der Waals surface area contributed by atoms with Crippen LogP contribution in [0.1, 0.15) is 31.2 Å². The third-order valence-electron chi connectivity index (χ3n) is 3.62. The van der Waals surface area contributed by atoms with Crippen LogP contribution < -0.4 is 5.73 Å². The van der Waals surface area contributed by atoms with Crippen LogP contribution in [0.4, 0.5) is 5.69 Å². The van der Waals surface area contributed by atoms with Crippen LogP contribution in [0.25, 0.3) is 0 Å². The summed E-state index contributed by atoms with van der Waals surface area (Å²) in [5.74, 6) is 0.647. The standard InChI is InChI=1S/C13H20N2O2S/c1-2-18(16,17)15-9-7-12(8-10-15)11-3-5-13(14)6-4-11/h3-6,12H,2,7-10,14H2,1H3. The van der Waals surface area contributed by atoms with Crippen LogP contribution in [0.15, 0.2) is 24.3 Å². The first-order valence-corrected chi connectivity index (χ1v) is 7.97. The Morgan fingerprint density at radius 3 is 2.28 bits per heavy atom. The van der Waals surface area contributed by atoms with E-state index in [0.29, 0.717) is 19.0 Å². The molecule has 1 saturated heterocycles. The Hall–Kier alpha value is -1.07. The minimum atomic E-state index is -3.02. The number of rotatable bonds is 3. The molecule has 4 nitrogen and oxygen atoms in total. The molecule has 1 aromatic rings. The maximum absolute atomic E-state index is 11.8. The van der Waals surface area contributed by atoms with Crippen molar-refractivity contribution in [3.05, 3.63) is 29.8 Å². The summed E-state index contributed by atoms with van der Waals surface area (Å²) >= 11 is 0. The second-order valence-electron chi connectivity index (χ2n) is 4.74. The molecule has 1 aliphatic rings. The summed E-state index contributed by atoms with van der Waals surface area (Å²) < 4.78 is 25.1. The van der Waals surface area contributed by atoms with Crippen molar-refractivity contribution >= 4 is 15.7 Å². The summed E-state index contributed by atoms with van der Waals surface area (Å²) in [7, 11) is -3.02. The highest BCUT2D eigenvalue weighted by atomic mass is 32.2. The third kappa shape index (κ3) is 2.84. The van der Waals surface area contributed by atoms with Crippen molar-refractivity contribution in [1.29, 1.82) is 0 Å². The molecular weight excluding hydrogens is 248 g/mol. The smallest absolute Gasteiger partial charge is 0.213 e. The number of benzene rings is 1. The van der Waals surface area contributed by atoms with Crippen molar-refractivity contribution in [2.24, 2.45) is 0 Å². The van der Waals surface area contributed by atoms with E-state index < -0.39 is 10.0 Å². The lowest BCUT2D eigenvalue weighted by Crippen LogP contribution is -2.38. The van der Waals surface area contributed by atoms with Gasteiger partial charge in [-0.05, 0) is 43.4 Å². The number of nitrogen functional groups attached to an aromatic ring is 1. The highest BCUT2D eigenvalue weighted by molar-refractivity contribution is 7.89. The van der Waals surface area contributed by atoms with Gasteiger partial charge in [0.15, 0.2) is 0 Å².